The highest BCUT2D eigenvalue weighted by Crippen LogP contribution is 2.43. The summed E-state index contributed by atoms with van der Waals surface area (Å²) in [6.07, 6.45) is 5.77. The highest BCUT2D eigenvalue weighted by atomic mass is 15.0. The van der Waals surface area contributed by atoms with Crippen molar-refractivity contribution in [2.75, 3.05) is 0 Å². The number of fused-ring (bicyclic) bond motifs is 6. The first-order chi connectivity index (χ1) is 27.8. The maximum atomic E-state index is 2.46. The van der Waals surface area contributed by atoms with Gasteiger partial charge in [0, 0.05) is 16.5 Å². The molecule has 1 aliphatic rings. The molecule has 0 radical (unpaired) electrons. The Balaban J connectivity index is 1.15. The summed E-state index contributed by atoms with van der Waals surface area (Å²) in [7, 11) is 0. The van der Waals surface area contributed by atoms with Gasteiger partial charge in [-0.25, -0.2) is 0 Å². The number of hydrogen-bond acceptors (Lipinski definition) is 0. The normalized spacial score (nSPS) is 12.8. The Morgan fingerprint density at radius 2 is 0.982 bits per heavy atom. The van der Waals surface area contributed by atoms with E-state index >= 15 is 0 Å². The van der Waals surface area contributed by atoms with Gasteiger partial charge in [0.25, 0.3) is 0 Å². The Kier molecular flexibility index (Phi) is 7.91. The highest BCUT2D eigenvalue weighted by molar-refractivity contribution is 6.16. The Labute approximate surface area is 328 Å². The van der Waals surface area contributed by atoms with Gasteiger partial charge in [-0.2, -0.15) is 0 Å². The lowest BCUT2D eigenvalue weighted by Crippen LogP contribution is -2.04. The average molecular weight is 716 g/mol. The maximum absolute atomic E-state index is 2.46. The first-order valence-electron chi connectivity index (χ1n) is 20.1. The van der Waals surface area contributed by atoms with Crippen LogP contribution in [0.15, 0.2) is 188 Å². The molecule has 0 atom stereocenters. The summed E-state index contributed by atoms with van der Waals surface area (Å²) >= 11 is 0. The van der Waals surface area contributed by atoms with Gasteiger partial charge in [0.1, 0.15) is 0 Å². The molecule has 10 aromatic rings. The first kappa shape index (κ1) is 32.7. The summed E-state index contributed by atoms with van der Waals surface area (Å²) in [5, 5.41) is 7.79. The van der Waals surface area contributed by atoms with Crippen molar-refractivity contribution in [2.45, 2.75) is 32.1 Å². The van der Waals surface area contributed by atoms with Crippen LogP contribution in [-0.4, -0.2) is 4.57 Å². The molecule has 1 aliphatic carbocycles. The van der Waals surface area contributed by atoms with E-state index in [2.05, 4.69) is 193 Å². The lowest BCUT2D eigenvalue weighted by Gasteiger charge is -2.19. The zero-order valence-corrected chi connectivity index (χ0v) is 31.4. The second-order valence-electron chi connectivity index (χ2n) is 15.5. The lowest BCUT2D eigenvalue weighted by atomic mass is 9.85. The summed E-state index contributed by atoms with van der Waals surface area (Å²) in [6, 6.07) is 70.0. The van der Waals surface area contributed by atoms with Crippen LogP contribution in [0.1, 0.15) is 35.1 Å². The fourth-order valence-electron chi connectivity index (χ4n) is 9.63. The molecule has 266 valence electrons. The van der Waals surface area contributed by atoms with E-state index in [9.17, 15) is 0 Å². The number of benzene rings is 9. The van der Waals surface area contributed by atoms with E-state index in [4.69, 9.17) is 0 Å². The lowest BCUT2D eigenvalue weighted by molar-refractivity contribution is 0.687. The van der Waals surface area contributed by atoms with Gasteiger partial charge in [0.2, 0.25) is 0 Å². The molecule has 0 fully saturated rings. The number of rotatable bonds is 6. The predicted molar refractivity (Wildman–Crippen MR) is 238 cm³/mol. The van der Waals surface area contributed by atoms with Crippen molar-refractivity contribution < 1.29 is 0 Å². The van der Waals surface area contributed by atoms with Gasteiger partial charge in [0.05, 0.1) is 11.0 Å². The molecule has 0 aliphatic heterocycles. The number of para-hydroxylation sites is 1. The standard InChI is InChI=1S/C55H41N/c1-4-15-37(16-5-1)33-49-46-24-12-13-25-47(46)55(39-18-6-2-7-19-39)48-30-27-40(34-50(48)49)41-28-31-53-51(35-41)52-36-42(45-26-14-20-38-17-10-11-23-44(38)45)29-32-54(52)56(53)43-21-8-3-9-22-43/h1-9,12-16,18-22,24-32,34-36H,10-11,17,23,33H2. The van der Waals surface area contributed by atoms with Crippen LogP contribution >= 0.6 is 0 Å². The van der Waals surface area contributed by atoms with Crippen molar-refractivity contribution >= 4 is 43.4 Å². The van der Waals surface area contributed by atoms with Gasteiger partial charge in [-0.1, -0.05) is 146 Å². The highest BCUT2D eigenvalue weighted by Gasteiger charge is 2.20. The minimum absolute atomic E-state index is 0.867. The number of hydrogen-bond donors (Lipinski definition) is 0. The van der Waals surface area contributed by atoms with E-state index < -0.39 is 0 Å². The maximum Gasteiger partial charge on any atom is 0.0541 e. The van der Waals surface area contributed by atoms with Crippen LogP contribution in [0.2, 0.25) is 0 Å². The van der Waals surface area contributed by atoms with E-state index in [0.717, 1.165) is 12.8 Å². The zero-order chi connectivity index (χ0) is 37.0. The summed E-state index contributed by atoms with van der Waals surface area (Å²) in [4.78, 5) is 0. The van der Waals surface area contributed by atoms with Crippen LogP contribution in [-0.2, 0) is 19.3 Å². The Morgan fingerprint density at radius 3 is 1.75 bits per heavy atom. The second kappa shape index (κ2) is 13.6. The molecule has 9 aromatic carbocycles. The molecule has 11 rings (SSSR count). The second-order valence-corrected chi connectivity index (χ2v) is 15.5. The predicted octanol–water partition coefficient (Wildman–Crippen LogP) is 14.6. The molecule has 0 saturated carbocycles. The van der Waals surface area contributed by atoms with Crippen molar-refractivity contribution in [1.29, 1.82) is 0 Å². The third kappa shape index (κ3) is 5.46. The quantitative estimate of drug-likeness (QED) is 0.151. The summed E-state index contributed by atoms with van der Waals surface area (Å²) in [6.45, 7) is 0. The molecule has 0 N–H and O–H groups in total. The fraction of sp³-hybridized carbons (Fsp3) is 0.0909. The van der Waals surface area contributed by atoms with E-state index in [0.29, 0.717) is 0 Å². The minimum atomic E-state index is 0.867. The molecular weight excluding hydrogens is 675 g/mol. The van der Waals surface area contributed by atoms with Crippen LogP contribution in [0.25, 0.3) is 82.4 Å². The molecule has 1 nitrogen and oxygen atoms in total. The monoisotopic (exact) mass is 715 g/mol. The van der Waals surface area contributed by atoms with Crippen LogP contribution < -0.4 is 0 Å². The van der Waals surface area contributed by atoms with Crippen molar-refractivity contribution in [3.63, 3.8) is 0 Å². The summed E-state index contributed by atoms with van der Waals surface area (Å²) in [5.74, 6) is 0. The molecule has 1 heteroatoms. The van der Waals surface area contributed by atoms with Gasteiger partial charge >= 0.3 is 0 Å². The van der Waals surface area contributed by atoms with Gasteiger partial charge in [-0.15, -0.1) is 0 Å². The molecule has 0 bridgehead atoms. The van der Waals surface area contributed by atoms with Crippen molar-refractivity contribution in [1.82, 2.24) is 4.57 Å². The van der Waals surface area contributed by atoms with Gasteiger partial charge in [0.15, 0.2) is 0 Å². The summed E-state index contributed by atoms with van der Waals surface area (Å²) in [5.41, 5.74) is 17.1. The Morgan fingerprint density at radius 1 is 0.393 bits per heavy atom. The van der Waals surface area contributed by atoms with Gasteiger partial charge < -0.3 is 4.57 Å². The van der Waals surface area contributed by atoms with Gasteiger partial charge in [-0.05, 0) is 152 Å². The molecule has 0 spiro atoms. The molecular formula is C55H41N. The van der Waals surface area contributed by atoms with Crippen LogP contribution in [0, 0.1) is 0 Å². The van der Waals surface area contributed by atoms with Crippen molar-refractivity contribution in [2.24, 2.45) is 0 Å². The van der Waals surface area contributed by atoms with Crippen LogP contribution in [0.3, 0.4) is 0 Å². The van der Waals surface area contributed by atoms with Gasteiger partial charge in [-0.3, -0.25) is 0 Å². The van der Waals surface area contributed by atoms with E-state index in [1.165, 1.54) is 124 Å². The van der Waals surface area contributed by atoms with Crippen molar-refractivity contribution in [3.8, 4) is 39.1 Å². The molecule has 56 heavy (non-hydrogen) atoms. The first-order valence-corrected chi connectivity index (χ1v) is 20.1. The third-order valence-corrected chi connectivity index (χ3v) is 12.2. The average Bonchev–Trinajstić information content (AvgIpc) is 3.60. The molecule has 0 amide bonds. The van der Waals surface area contributed by atoms with E-state index in [1.807, 2.05) is 0 Å². The van der Waals surface area contributed by atoms with E-state index in [1.54, 1.807) is 0 Å². The van der Waals surface area contributed by atoms with E-state index in [-0.39, 0.29) is 0 Å². The summed E-state index contributed by atoms with van der Waals surface area (Å²) < 4.78 is 2.44. The molecule has 0 unspecified atom stereocenters. The number of nitrogens with zero attached hydrogens (tertiary/aromatic N) is 1. The smallest absolute Gasteiger partial charge is 0.0541 e. The van der Waals surface area contributed by atoms with Crippen LogP contribution in [0.4, 0.5) is 0 Å². The topological polar surface area (TPSA) is 4.93 Å². The largest absolute Gasteiger partial charge is 0.309 e. The Bertz CT molecular complexity index is 3080. The SMILES string of the molecule is c1ccc(Cc2c3ccccc3c(-c3ccccc3)c3ccc(-c4ccc5c(c4)c4cc(-c6cccc7c6CCCC7)ccc4n5-c4ccccc4)cc23)cc1. The Hall–Kier alpha value is -6.70. The number of aromatic nitrogens is 1. The fourth-order valence-corrected chi connectivity index (χ4v) is 9.63. The third-order valence-electron chi connectivity index (χ3n) is 12.2. The molecule has 0 saturated heterocycles. The number of aryl methyl sites for hydroxylation is 1. The molecule has 1 aromatic heterocycles. The van der Waals surface area contributed by atoms with Crippen molar-refractivity contribution in [3.05, 3.63) is 210 Å². The minimum Gasteiger partial charge on any atom is -0.309 e. The zero-order valence-electron chi connectivity index (χ0n) is 31.4. The van der Waals surface area contributed by atoms with Crippen LogP contribution in [0.5, 0.6) is 0 Å². The molecule has 1 heterocycles.